The van der Waals surface area contributed by atoms with Crippen LogP contribution in [0.3, 0.4) is 0 Å². The van der Waals surface area contributed by atoms with Gasteiger partial charge in [0, 0.05) is 19.5 Å². The number of carbonyl (C=O) groups is 4. The van der Waals surface area contributed by atoms with Gasteiger partial charge in [-0.05, 0) is 30.4 Å². The average molecular weight is 593 g/mol. The van der Waals surface area contributed by atoms with E-state index >= 15 is 0 Å². The van der Waals surface area contributed by atoms with Crippen molar-refractivity contribution in [2.45, 2.75) is 63.8 Å². The Morgan fingerprint density at radius 1 is 0.860 bits per heavy atom. The fourth-order valence-electron chi connectivity index (χ4n) is 5.23. The molecule has 10 heteroatoms. The first-order valence-electron chi connectivity index (χ1n) is 15.1. The van der Waals surface area contributed by atoms with Crippen molar-refractivity contribution in [1.82, 2.24) is 20.9 Å². The van der Waals surface area contributed by atoms with Gasteiger partial charge >= 0.3 is 0 Å². The molecule has 0 radical (unpaired) electrons. The van der Waals surface area contributed by atoms with Gasteiger partial charge in [-0.1, -0.05) is 74.5 Å². The number of Topliss-reactive ketones (excluding diaryl/α,β-unsaturated/α-hetero) is 1. The summed E-state index contributed by atoms with van der Waals surface area (Å²) < 4.78 is 10.7. The van der Waals surface area contributed by atoms with Gasteiger partial charge in [-0.2, -0.15) is 0 Å². The molecular formula is C33H44N4O6. The Balaban J connectivity index is 1.47. The number of nitrogens with zero attached hydrogens (tertiary/aromatic N) is 1. The molecule has 2 fully saturated rings. The van der Waals surface area contributed by atoms with Crippen molar-refractivity contribution >= 4 is 23.5 Å². The van der Waals surface area contributed by atoms with Crippen LogP contribution in [0.1, 0.15) is 50.8 Å². The molecule has 2 aliphatic heterocycles. The summed E-state index contributed by atoms with van der Waals surface area (Å²) >= 11 is 0. The summed E-state index contributed by atoms with van der Waals surface area (Å²) in [7, 11) is 0. The highest BCUT2D eigenvalue weighted by atomic mass is 16.6. The Kier molecular flexibility index (Phi) is 11.4. The maximum absolute atomic E-state index is 13.7. The van der Waals surface area contributed by atoms with Crippen LogP contribution in [0.15, 0.2) is 60.7 Å². The molecule has 2 heterocycles. The minimum atomic E-state index is -0.925. The van der Waals surface area contributed by atoms with Gasteiger partial charge in [0.15, 0.2) is 5.78 Å². The van der Waals surface area contributed by atoms with Gasteiger partial charge in [-0.15, -0.1) is 0 Å². The van der Waals surface area contributed by atoms with Gasteiger partial charge in [0.1, 0.15) is 11.6 Å². The van der Waals surface area contributed by atoms with Crippen LogP contribution in [-0.2, 0) is 35.1 Å². The molecule has 2 saturated heterocycles. The molecule has 2 aliphatic rings. The molecule has 3 amide bonds. The Bertz CT molecular complexity index is 1230. The molecule has 1 unspecified atom stereocenters. The highest BCUT2D eigenvalue weighted by molar-refractivity contribution is 5.98. The van der Waals surface area contributed by atoms with Gasteiger partial charge in [0.2, 0.25) is 17.7 Å². The predicted molar refractivity (Wildman–Crippen MR) is 162 cm³/mol. The molecule has 4 atom stereocenters. The van der Waals surface area contributed by atoms with Gasteiger partial charge in [-0.25, -0.2) is 0 Å². The zero-order valence-electron chi connectivity index (χ0n) is 25.3. The summed E-state index contributed by atoms with van der Waals surface area (Å²) in [5.41, 5.74) is 0.774. The number of hydrogen-bond acceptors (Lipinski definition) is 7. The third kappa shape index (κ3) is 9.98. The Morgan fingerprint density at radius 3 is 2.09 bits per heavy atom. The minimum absolute atomic E-state index is 0.0578. The van der Waals surface area contributed by atoms with Crippen LogP contribution in [-0.4, -0.2) is 85.5 Å². The molecule has 10 nitrogen and oxygen atoms in total. The predicted octanol–water partition coefficient (Wildman–Crippen LogP) is 2.18. The monoisotopic (exact) mass is 592 g/mol. The number of nitrogens with one attached hydrogen (secondary N) is 3. The first-order chi connectivity index (χ1) is 20.6. The highest BCUT2D eigenvalue weighted by Gasteiger charge is 2.50. The van der Waals surface area contributed by atoms with Crippen molar-refractivity contribution in [3.63, 3.8) is 0 Å². The number of hydrogen-bond donors (Lipinski definition) is 3. The van der Waals surface area contributed by atoms with Crippen molar-refractivity contribution < 1.29 is 28.7 Å². The molecule has 0 bridgehead atoms. The quantitative estimate of drug-likeness (QED) is 0.271. The SMILES string of the molecule is CC(C)C[C@H](NC(=O)[C@H](Cc1ccccc1)NC(=O)CC(NC(=O)CN1CCOCC1)c1ccccc1)C(=O)[C@@]1(C)CO1. The summed E-state index contributed by atoms with van der Waals surface area (Å²) in [6, 6.07) is 16.5. The van der Waals surface area contributed by atoms with E-state index < -0.39 is 29.6 Å². The van der Waals surface area contributed by atoms with E-state index in [1.807, 2.05) is 79.4 Å². The second-order valence-electron chi connectivity index (χ2n) is 12.0. The number of epoxide rings is 1. The zero-order valence-corrected chi connectivity index (χ0v) is 25.3. The van der Waals surface area contributed by atoms with Crippen molar-refractivity contribution in [3.8, 4) is 0 Å². The Morgan fingerprint density at radius 2 is 1.49 bits per heavy atom. The third-order valence-corrected chi connectivity index (χ3v) is 7.77. The zero-order chi connectivity index (χ0) is 30.8. The number of ether oxygens (including phenoxy) is 2. The van der Waals surface area contributed by atoms with Crippen LogP contribution in [0.4, 0.5) is 0 Å². The first kappa shape index (κ1) is 32.3. The maximum atomic E-state index is 13.7. The fraction of sp³-hybridized carbons (Fsp3) is 0.515. The van der Waals surface area contributed by atoms with Gasteiger partial charge in [-0.3, -0.25) is 24.1 Å². The van der Waals surface area contributed by atoms with E-state index in [0.717, 1.165) is 11.1 Å². The molecule has 0 saturated carbocycles. The third-order valence-electron chi connectivity index (χ3n) is 7.77. The van der Waals surface area contributed by atoms with Crippen molar-refractivity contribution in [1.29, 1.82) is 0 Å². The summed E-state index contributed by atoms with van der Waals surface area (Å²) in [6.45, 7) is 8.76. The molecule has 0 aliphatic carbocycles. The first-order valence-corrected chi connectivity index (χ1v) is 15.1. The van der Waals surface area contributed by atoms with E-state index in [4.69, 9.17) is 9.47 Å². The van der Waals surface area contributed by atoms with E-state index in [9.17, 15) is 19.2 Å². The second-order valence-corrected chi connectivity index (χ2v) is 12.0. The van der Waals surface area contributed by atoms with Crippen molar-refractivity contribution in [2.75, 3.05) is 39.5 Å². The van der Waals surface area contributed by atoms with E-state index in [1.54, 1.807) is 6.92 Å². The van der Waals surface area contributed by atoms with Crippen LogP contribution in [0.25, 0.3) is 0 Å². The summed E-state index contributed by atoms with van der Waals surface area (Å²) in [4.78, 5) is 55.4. The number of benzene rings is 2. The lowest BCUT2D eigenvalue weighted by Gasteiger charge is -2.28. The maximum Gasteiger partial charge on any atom is 0.243 e. The molecule has 43 heavy (non-hydrogen) atoms. The Labute approximate surface area is 253 Å². The molecule has 4 rings (SSSR count). The molecule has 3 N–H and O–H groups in total. The van der Waals surface area contributed by atoms with Crippen LogP contribution < -0.4 is 16.0 Å². The van der Waals surface area contributed by atoms with Crippen molar-refractivity contribution in [3.05, 3.63) is 71.8 Å². The number of ketones is 1. The van der Waals surface area contributed by atoms with Gasteiger partial charge in [0.25, 0.3) is 0 Å². The topological polar surface area (TPSA) is 129 Å². The smallest absolute Gasteiger partial charge is 0.243 e. The molecular weight excluding hydrogens is 548 g/mol. The van der Waals surface area contributed by atoms with E-state index in [0.29, 0.717) is 39.3 Å². The number of amides is 3. The average Bonchev–Trinajstić information content (AvgIpc) is 3.75. The lowest BCUT2D eigenvalue weighted by Crippen LogP contribution is -2.54. The summed E-state index contributed by atoms with van der Waals surface area (Å²) in [5.74, 6) is -1.01. The van der Waals surface area contributed by atoms with Crippen molar-refractivity contribution in [2.24, 2.45) is 5.92 Å². The lowest BCUT2D eigenvalue weighted by molar-refractivity contribution is -0.133. The van der Waals surface area contributed by atoms with Crippen LogP contribution in [0.2, 0.25) is 0 Å². The van der Waals surface area contributed by atoms with Crippen LogP contribution in [0, 0.1) is 5.92 Å². The standard InChI is InChI=1S/C33H44N4O6/c1-23(2)18-27(31(40)33(3)22-43-33)36-32(41)28(19-24-10-6-4-7-11-24)35-29(38)20-26(25-12-8-5-9-13-25)34-30(39)21-37-14-16-42-17-15-37/h4-13,23,26-28H,14-22H2,1-3H3,(H,34,39)(H,35,38)(H,36,41)/t26?,27-,28-,33+/m0/s1. The normalized spacial score (nSPS) is 20.5. The largest absolute Gasteiger partial charge is 0.379 e. The number of carbonyl (C=O) groups excluding carboxylic acids is 4. The lowest BCUT2D eigenvalue weighted by atomic mass is 9.93. The van der Waals surface area contributed by atoms with E-state index in [-0.39, 0.29) is 42.9 Å². The second kappa shape index (κ2) is 15.2. The Hall–Kier alpha value is -3.60. The number of morpholine rings is 1. The highest BCUT2D eigenvalue weighted by Crippen LogP contribution is 2.29. The van der Waals surface area contributed by atoms with Crippen LogP contribution >= 0.6 is 0 Å². The molecule has 0 aromatic heterocycles. The van der Waals surface area contributed by atoms with Crippen LogP contribution in [0.5, 0.6) is 0 Å². The molecule has 0 spiro atoms. The number of rotatable bonds is 15. The molecule has 2 aromatic rings. The minimum Gasteiger partial charge on any atom is -0.379 e. The summed E-state index contributed by atoms with van der Waals surface area (Å²) in [6.07, 6.45) is 0.645. The molecule has 2 aromatic carbocycles. The molecule has 232 valence electrons. The fourth-order valence-corrected chi connectivity index (χ4v) is 5.23. The van der Waals surface area contributed by atoms with Gasteiger partial charge < -0.3 is 25.4 Å². The van der Waals surface area contributed by atoms with Gasteiger partial charge in [0.05, 0.1) is 44.9 Å². The van der Waals surface area contributed by atoms with E-state index in [2.05, 4.69) is 16.0 Å². The van der Waals surface area contributed by atoms with E-state index in [1.165, 1.54) is 0 Å². The summed E-state index contributed by atoms with van der Waals surface area (Å²) in [5, 5.41) is 8.83.